The van der Waals surface area contributed by atoms with Gasteiger partial charge in [0.1, 0.15) is 5.75 Å². The number of amides is 1. The molecule has 0 saturated heterocycles. The number of nitrogens with one attached hydrogen (secondary N) is 3. The molecule has 3 N–H and O–H groups in total. The normalized spacial score (nSPS) is 10.5. The number of fused-ring (bicyclic) bond motifs is 1. The number of anilines is 5. The number of nitrogens with zero attached hydrogens (tertiary/aromatic N) is 2. The van der Waals surface area contributed by atoms with E-state index in [0.29, 0.717) is 5.56 Å². The third-order valence-electron chi connectivity index (χ3n) is 5.49. The van der Waals surface area contributed by atoms with E-state index in [1.807, 2.05) is 72.8 Å². The molecule has 0 atom stereocenters. The number of carbonyl (C=O) groups excluding carboxylic acids is 1. The summed E-state index contributed by atoms with van der Waals surface area (Å²) in [5.74, 6) is 0.590. The molecule has 5 aromatic rings. The summed E-state index contributed by atoms with van der Waals surface area (Å²) in [6.45, 7) is 0. The molecular weight excluding hydrogens is 438 g/mol. The molecule has 3 aromatic carbocycles. The lowest BCUT2D eigenvalue weighted by molar-refractivity contribution is 0.102. The Morgan fingerprint density at radius 2 is 1.37 bits per heavy atom. The van der Waals surface area contributed by atoms with Crippen molar-refractivity contribution in [1.29, 1.82) is 0 Å². The first-order valence-corrected chi connectivity index (χ1v) is 11.1. The second-order valence-electron chi connectivity index (χ2n) is 7.84. The van der Waals surface area contributed by atoms with Crippen LogP contribution >= 0.6 is 0 Å². The topological polar surface area (TPSA) is 88.2 Å². The van der Waals surface area contributed by atoms with E-state index >= 15 is 0 Å². The Bertz CT molecular complexity index is 1450. The first kappa shape index (κ1) is 21.9. The van der Waals surface area contributed by atoms with Crippen LogP contribution in [0.1, 0.15) is 10.4 Å². The predicted molar refractivity (Wildman–Crippen MR) is 140 cm³/mol. The number of hydrogen-bond acceptors (Lipinski definition) is 6. The standard InChI is InChI=1S/C28H23N5O2/c1-35-24-10-11-26-25(18-24)27(14-17-30-26)32-21-4-2-19(3-5-21)28(34)33-22-8-6-20(7-9-22)31-23-12-15-29-16-13-23/h2-18H,1H3,(H,29,31)(H,30,32)(H,33,34). The summed E-state index contributed by atoms with van der Waals surface area (Å²) in [6.07, 6.45) is 5.22. The van der Waals surface area contributed by atoms with E-state index < -0.39 is 0 Å². The van der Waals surface area contributed by atoms with Gasteiger partial charge in [0.05, 0.1) is 12.6 Å². The molecule has 7 nitrogen and oxygen atoms in total. The molecule has 7 heteroatoms. The Morgan fingerprint density at radius 1 is 0.714 bits per heavy atom. The van der Waals surface area contributed by atoms with E-state index in [4.69, 9.17) is 4.74 Å². The largest absolute Gasteiger partial charge is 0.497 e. The average Bonchev–Trinajstić information content (AvgIpc) is 2.91. The first-order chi connectivity index (χ1) is 17.2. The van der Waals surface area contributed by atoms with Gasteiger partial charge in [-0.25, -0.2) is 0 Å². The molecule has 2 aromatic heterocycles. The highest BCUT2D eigenvalue weighted by Crippen LogP contribution is 2.28. The molecule has 172 valence electrons. The second kappa shape index (κ2) is 9.93. The highest BCUT2D eigenvalue weighted by Gasteiger charge is 2.08. The van der Waals surface area contributed by atoms with Crippen LogP contribution in [0.25, 0.3) is 10.9 Å². The van der Waals surface area contributed by atoms with Crippen LogP contribution in [0.2, 0.25) is 0 Å². The number of methoxy groups -OCH3 is 1. The van der Waals surface area contributed by atoms with Gasteiger partial charge in [-0.05, 0) is 84.9 Å². The molecule has 1 amide bonds. The van der Waals surface area contributed by atoms with Crippen LogP contribution in [-0.2, 0) is 0 Å². The number of ether oxygens (including phenoxy) is 1. The molecular formula is C28H23N5O2. The van der Waals surface area contributed by atoms with Crippen molar-refractivity contribution in [1.82, 2.24) is 9.97 Å². The lowest BCUT2D eigenvalue weighted by atomic mass is 10.1. The lowest BCUT2D eigenvalue weighted by Gasteiger charge is -2.11. The molecule has 0 saturated carbocycles. The van der Waals surface area contributed by atoms with Crippen LogP contribution in [0.15, 0.2) is 104 Å². The van der Waals surface area contributed by atoms with Crippen LogP contribution < -0.4 is 20.7 Å². The number of hydrogen-bond donors (Lipinski definition) is 3. The lowest BCUT2D eigenvalue weighted by Crippen LogP contribution is -2.11. The van der Waals surface area contributed by atoms with Crippen molar-refractivity contribution >= 4 is 45.2 Å². The van der Waals surface area contributed by atoms with Crippen molar-refractivity contribution in [2.75, 3.05) is 23.1 Å². The van der Waals surface area contributed by atoms with Crippen LogP contribution in [-0.4, -0.2) is 23.0 Å². The fourth-order valence-corrected chi connectivity index (χ4v) is 3.66. The zero-order valence-electron chi connectivity index (χ0n) is 19.0. The molecule has 0 unspecified atom stereocenters. The maximum atomic E-state index is 12.7. The van der Waals surface area contributed by atoms with E-state index in [1.54, 1.807) is 37.8 Å². The van der Waals surface area contributed by atoms with Crippen LogP contribution in [0.4, 0.5) is 28.4 Å². The third-order valence-corrected chi connectivity index (χ3v) is 5.49. The maximum absolute atomic E-state index is 12.7. The van der Waals surface area contributed by atoms with Gasteiger partial charge < -0.3 is 20.7 Å². The number of carbonyl (C=O) groups is 1. The second-order valence-corrected chi connectivity index (χ2v) is 7.84. The molecule has 0 aliphatic carbocycles. The third kappa shape index (κ3) is 5.20. The molecule has 5 rings (SSSR count). The van der Waals surface area contributed by atoms with Gasteiger partial charge in [0, 0.05) is 58.0 Å². The Labute approximate surface area is 202 Å². The molecule has 0 spiro atoms. The molecule has 0 radical (unpaired) electrons. The number of pyridine rings is 2. The maximum Gasteiger partial charge on any atom is 0.255 e. The summed E-state index contributed by atoms with van der Waals surface area (Å²) in [6, 6.07) is 26.3. The molecule has 0 fully saturated rings. The Kier molecular flexibility index (Phi) is 6.21. The summed E-state index contributed by atoms with van der Waals surface area (Å²) in [5.41, 5.74) is 5.80. The van der Waals surface area contributed by atoms with Crippen molar-refractivity contribution in [3.8, 4) is 5.75 Å². The fraction of sp³-hybridized carbons (Fsp3) is 0.0357. The van der Waals surface area contributed by atoms with E-state index in [-0.39, 0.29) is 5.91 Å². The number of rotatable bonds is 7. The van der Waals surface area contributed by atoms with Crippen molar-refractivity contribution in [3.05, 3.63) is 109 Å². The van der Waals surface area contributed by atoms with Crippen molar-refractivity contribution in [2.45, 2.75) is 0 Å². The molecule has 2 heterocycles. The predicted octanol–water partition coefficient (Wildman–Crippen LogP) is 6.38. The summed E-state index contributed by atoms with van der Waals surface area (Å²) >= 11 is 0. The van der Waals surface area contributed by atoms with Crippen molar-refractivity contribution in [3.63, 3.8) is 0 Å². The quantitative estimate of drug-likeness (QED) is 0.261. The molecule has 0 aliphatic heterocycles. The molecule has 0 bridgehead atoms. The smallest absolute Gasteiger partial charge is 0.255 e. The monoisotopic (exact) mass is 461 g/mol. The highest BCUT2D eigenvalue weighted by molar-refractivity contribution is 6.04. The SMILES string of the molecule is COc1ccc2nccc(Nc3ccc(C(=O)Nc4ccc(Nc5ccncc5)cc4)cc3)c2c1. The Morgan fingerprint density at radius 3 is 2.11 bits per heavy atom. The van der Waals surface area contributed by atoms with Crippen LogP contribution in [0, 0.1) is 0 Å². The van der Waals surface area contributed by atoms with E-state index in [2.05, 4.69) is 25.9 Å². The van der Waals surface area contributed by atoms with Gasteiger partial charge in [0.2, 0.25) is 0 Å². The van der Waals surface area contributed by atoms with E-state index in [0.717, 1.165) is 45.1 Å². The van der Waals surface area contributed by atoms with Gasteiger partial charge in [0.25, 0.3) is 5.91 Å². The minimum atomic E-state index is -0.175. The summed E-state index contributed by atoms with van der Waals surface area (Å²) in [7, 11) is 1.64. The van der Waals surface area contributed by atoms with Gasteiger partial charge in [-0.2, -0.15) is 0 Å². The number of aromatic nitrogens is 2. The molecule has 0 aliphatic rings. The van der Waals surface area contributed by atoms with Crippen LogP contribution in [0.3, 0.4) is 0 Å². The van der Waals surface area contributed by atoms with Gasteiger partial charge in [-0.15, -0.1) is 0 Å². The van der Waals surface area contributed by atoms with Crippen molar-refractivity contribution in [2.24, 2.45) is 0 Å². The van der Waals surface area contributed by atoms with Gasteiger partial charge in [0.15, 0.2) is 0 Å². The zero-order chi connectivity index (χ0) is 24.0. The van der Waals surface area contributed by atoms with Gasteiger partial charge >= 0.3 is 0 Å². The summed E-state index contributed by atoms with van der Waals surface area (Å²) in [4.78, 5) is 21.1. The first-order valence-electron chi connectivity index (χ1n) is 11.1. The van der Waals surface area contributed by atoms with Gasteiger partial charge in [-0.3, -0.25) is 14.8 Å². The average molecular weight is 462 g/mol. The van der Waals surface area contributed by atoms with E-state index in [1.165, 1.54) is 0 Å². The zero-order valence-corrected chi connectivity index (χ0v) is 19.0. The fourth-order valence-electron chi connectivity index (χ4n) is 3.66. The number of benzene rings is 3. The summed E-state index contributed by atoms with van der Waals surface area (Å²) in [5, 5.41) is 10.6. The minimum Gasteiger partial charge on any atom is -0.497 e. The summed E-state index contributed by atoms with van der Waals surface area (Å²) < 4.78 is 5.35. The Balaban J connectivity index is 1.24. The van der Waals surface area contributed by atoms with Gasteiger partial charge in [-0.1, -0.05) is 0 Å². The highest BCUT2D eigenvalue weighted by atomic mass is 16.5. The minimum absolute atomic E-state index is 0.175. The molecule has 35 heavy (non-hydrogen) atoms. The van der Waals surface area contributed by atoms with E-state index in [9.17, 15) is 4.79 Å². The Hall–Kier alpha value is -4.91. The van der Waals surface area contributed by atoms with Crippen molar-refractivity contribution < 1.29 is 9.53 Å². The van der Waals surface area contributed by atoms with Crippen LogP contribution in [0.5, 0.6) is 5.75 Å².